The van der Waals surface area contributed by atoms with E-state index in [9.17, 15) is 9.18 Å². The predicted octanol–water partition coefficient (Wildman–Crippen LogP) is 5.37. The summed E-state index contributed by atoms with van der Waals surface area (Å²) in [6.45, 7) is 2.67. The number of aryl methyl sites for hydroxylation is 1. The summed E-state index contributed by atoms with van der Waals surface area (Å²) in [5.74, 6) is 0.339. The van der Waals surface area contributed by atoms with Gasteiger partial charge in [-0.05, 0) is 49.6 Å². The number of hydrogen-bond donors (Lipinski definition) is 0. The molecule has 0 saturated heterocycles. The first-order valence-electron chi connectivity index (χ1n) is 9.94. The zero-order chi connectivity index (χ0) is 20.9. The molecule has 1 aromatic heterocycles. The fraction of sp³-hybridized carbons (Fsp3) is 0.250. The summed E-state index contributed by atoms with van der Waals surface area (Å²) in [5, 5.41) is 3.00. The van der Waals surface area contributed by atoms with Crippen molar-refractivity contribution in [1.82, 2.24) is 9.88 Å². The molecule has 1 fully saturated rings. The number of rotatable bonds is 8. The van der Waals surface area contributed by atoms with Crippen LogP contribution in [0, 0.1) is 12.7 Å². The zero-order valence-corrected chi connectivity index (χ0v) is 17.6. The van der Waals surface area contributed by atoms with Gasteiger partial charge in [0.15, 0.2) is 0 Å². The summed E-state index contributed by atoms with van der Waals surface area (Å²) in [7, 11) is 0. The summed E-state index contributed by atoms with van der Waals surface area (Å²) in [5.41, 5.74) is 2.32. The third-order valence-electron chi connectivity index (χ3n) is 4.90. The van der Waals surface area contributed by atoms with Crippen LogP contribution in [0.1, 0.15) is 34.7 Å². The van der Waals surface area contributed by atoms with Crippen molar-refractivity contribution in [1.29, 1.82) is 0 Å². The van der Waals surface area contributed by atoms with E-state index in [1.54, 1.807) is 46.6 Å². The summed E-state index contributed by atoms with van der Waals surface area (Å²) < 4.78 is 19.8. The Kier molecular flexibility index (Phi) is 6.23. The van der Waals surface area contributed by atoms with Crippen LogP contribution in [0.15, 0.2) is 60.0 Å². The molecule has 3 aromatic rings. The zero-order valence-electron chi connectivity index (χ0n) is 16.8. The van der Waals surface area contributed by atoms with Crippen LogP contribution >= 0.6 is 11.3 Å². The largest absolute Gasteiger partial charge is 0.487 e. The van der Waals surface area contributed by atoms with E-state index in [2.05, 4.69) is 4.98 Å². The minimum atomic E-state index is -0.278. The molecule has 1 amide bonds. The molecule has 4 nitrogen and oxygen atoms in total. The van der Waals surface area contributed by atoms with Crippen LogP contribution in [-0.2, 0) is 17.9 Å². The van der Waals surface area contributed by atoms with Gasteiger partial charge < -0.3 is 9.64 Å². The smallest absolute Gasteiger partial charge is 0.247 e. The van der Waals surface area contributed by atoms with Gasteiger partial charge in [-0.25, -0.2) is 9.37 Å². The molecule has 0 N–H and O–H groups in total. The Morgan fingerprint density at radius 3 is 2.83 bits per heavy atom. The standard InChI is InChI=1S/C24H23FN2O2S/c1-17-26-20(16-30-17)15-29-22-7-4-5-18(13-22)9-12-24(28)27(21-10-11-21)14-19-6-2-3-8-23(19)25/h2-9,12-13,16,21H,10-11,14-15H2,1H3/b12-9+. The van der Waals surface area contributed by atoms with Crippen molar-refractivity contribution in [3.8, 4) is 5.75 Å². The first kappa shape index (κ1) is 20.3. The number of thiazole rings is 1. The molecule has 30 heavy (non-hydrogen) atoms. The van der Waals surface area contributed by atoms with Crippen LogP contribution in [0.3, 0.4) is 0 Å². The SMILES string of the molecule is Cc1nc(COc2cccc(/C=C/C(=O)N(Cc3ccccc3F)C3CC3)c2)cs1. The molecule has 0 radical (unpaired) electrons. The Balaban J connectivity index is 1.40. The average molecular weight is 423 g/mol. The lowest BCUT2D eigenvalue weighted by Gasteiger charge is -2.21. The highest BCUT2D eigenvalue weighted by Gasteiger charge is 2.31. The summed E-state index contributed by atoms with van der Waals surface area (Å²) in [6.07, 6.45) is 5.27. The van der Waals surface area contributed by atoms with Gasteiger partial charge in [0.25, 0.3) is 0 Å². The second kappa shape index (κ2) is 9.22. The number of aromatic nitrogens is 1. The molecule has 0 bridgehead atoms. The van der Waals surface area contributed by atoms with Gasteiger partial charge in [0, 0.05) is 29.6 Å². The highest BCUT2D eigenvalue weighted by molar-refractivity contribution is 7.09. The van der Waals surface area contributed by atoms with E-state index in [1.165, 1.54) is 6.07 Å². The number of benzene rings is 2. The van der Waals surface area contributed by atoms with Gasteiger partial charge in [-0.15, -0.1) is 11.3 Å². The first-order valence-corrected chi connectivity index (χ1v) is 10.8. The number of carbonyl (C=O) groups is 1. The first-order chi connectivity index (χ1) is 14.6. The molecule has 6 heteroatoms. The topological polar surface area (TPSA) is 42.4 Å². The molecule has 0 aliphatic heterocycles. The molecule has 4 rings (SSSR count). The minimum absolute atomic E-state index is 0.106. The van der Waals surface area contributed by atoms with Crippen LogP contribution < -0.4 is 4.74 Å². The van der Waals surface area contributed by atoms with Crippen LogP contribution in [0.2, 0.25) is 0 Å². The fourth-order valence-corrected chi connectivity index (χ4v) is 3.78. The molecule has 0 atom stereocenters. The minimum Gasteiger partial charge on any atom is -0.487 e. The number of amides is 1. The van der Waals surface area contributed by atoms with Crippen molar-refractivity contribution in [3.05, 3.63) is 87.6 Å². The molecule has 2 aromatic carbocycles. The third kappa shape index (κ3) is 5.33. The van der Waals surface area contributed by atoms with Gasteiger partial charge in [0.1, 0.15) is 18.2 Å². The molecule has 154 valence electrons. The molecule has 0 spiro atoms. The van der Waals surface area contributed by atoms with Crippen LogP contribution in [0.5, 0.6) is 5.75 Å². The maximum Gasteiger partial charge on any atom is 0.247 e. The maximum absolute atomic E-state index is 14.0. The van der Waals surface area contributed by atoms with Gasteiger partial charge in [0.05, 0.1) is 10.7 Å². The van der Waals surface area contributed by atoms with E-state index in [1.807, 2.05) is 36.6 Å². The molecular weight excluding hydrogens is 399 g/mol. The summed E-state index contributed by atoms with van der Waals surface area (Å²) >= 11 is 1.60. The lowest BCUT2D eigenvalue weighted by Crippen LogP contribution is -2.31. The molecule has 1 aliphatic carbocycles. The van der Waals surface area contributed by atoms with E-state index in [0.717, 1.165) is 34.9 Å². The van der Waals surface area contributed by atoms with Crippen molar-refractivity contribution >= 4 is 23.3 Å². The summed E-state index contributed by atoms with van der Waals surface area (Å²) in [6, 6.07) is 14.4. The third-order valence-corrected chi connectivity index (χ3v) is 5.72. The molecule has 0 unspecified atom stereocenters. The molecular formula is C24H23FN2O2S. The van der Waals surface area contributed by atoms with Crippen LogP contribution in [0.25, 0.3) is 6.08 Å². The van der Waals surface area contributed by atoms with Crippen molar-refractivity contribution in [2.75, 3.05) is 0 Å². The normalized spacial score (nSPS) is 13.5. The second-order valence-corrected chi connectivity index (χ2v) is 8.40. The van der Waals surface area contributed by atoms with Gasteiger partial charge in [-0.2, -0.15) is 0 Å². The van der Waals surface area contributed by atoms with E-state index < -0.39 is 0 Å². The monoisotopic (exact) mass is 422 g/mol. The van der Waals surface area contributed by atoms with Crippen molar-refractivity contribution in [2.45, 2.75) is 39.0 Å². The van der Waals surface area contributed by atoms with Crippen molar-refractivity contribution < 1.29 is 13.9 Å². The lowest BCUT2D eigenvalue weighted by molar-refractivity contribution is -0.127. The number of ether oxygens (including phenoxy) is 1. The highest BCUT2D eigenvalue weighted by atomic mass is 32.1. The quantitative estimate of drug-likeness (QED) is 0.458. The number of carbonyl (C=O) groups excluding carboxylic acids is 1. The van der Waals surface area contributed by atoms with E-state index in [0.29, 0.717) is 12.2 Å². The van der Waals surface area contributed by atoms with E-state index in [4.69, 9.17) is 4.74 Å². The van der Waals surface area contributed by atoms with E-state index in [-0.39, 0.29) is 24.3 Å². The van der Waals surface area contributed by atoms with Crippen molar-refractivity contribution in [2.24, 2.45) is 0 Å². The Hall–Kier alpha value is -2.99. The average Bonchev–Trinajstić information content (AvgIpc) is 3.51. The Bertz CT molecular complexity index is 1060. The Morgan fingerprint density at radius 2 is 2.10 bits per heavy atom. The molecule has 1 aliphatic rings. The maximum atomic E-state index is 14.0. The number of hydrogen-bond acceptors (Lipinski definition) is 4. The fourth-order valence-electron chi connectivity index (χ4n) is 3.19. The molecule has 1 saturated carbocycles. The van der Waals surface area contributed by atoms with E-state index >= 15 is 0 Å². The predicted molar refractivity (Wildman–Crippen MR) is 117 cm³/mol. The van der Waals surface area contributed by atoms with Gasteiger partial charge in [-0.3, -0.25) is 4.79 Å². The number of halogens is 1. The van der Waals surface area contributed by atoms with Crippen molar-refractivity contribution in [3.63, 3.8) is 0 Å². The lowest BCUT2D eigenvalue weighted by atomic mass is 10.1. The Morgan fingerprint density at radius 1 is 1.27 bits per heavy atom. The molecule has 1 heterocycles. The number of nitrogens with zero attached hydrogens (tertiary/aromatic N) is 2. The van der Waals surface area contributed by atoms with Gasteiger partial charge >= 0.3 is 0 Å². The Labute approximate surface area is 179 Å². The van der Waals surface area contributed by atoms with Crippen LogP contribution in [-0.4, -0.2) is 21.8 Å². The van der Waals surface area contributed by atoms with Crippen LogP contribution in [0.4, 0.5) is 4.39 Å². The van der Waals surface area contributed by atoms with Gasteiger partial charge in [-0.1, -0.05) is 30.3 Å². The van der Waals surface area contributed by atoms with Gasteiger partial charge in [0.2, 0.25) is 5.91 Å². The second-order valence-electron chi connectivity index (χ2n) is 7.34. The summed E-state index contributed by atoms with van der Waals surface area (Å²) in [4.78, 5) is 18.9. The highest BCUT2D eigenvalue weighted by Crippen LogP contribution is 2.29.